The fourth-order valence-electron chi connectivity index (χ4n) is 4.91. The van der Waals surface area contributed by atoms with Crippen molar-refractivity contribution in [2.75, 3.05) is 18.1 Å². The van der Waals surface area contributed by atoms with Gasteiger partial charge in [0.1, 0.15) is 11.6 Å². The van der Waals surface area contributed by atoms with Crippen LogP contribution in [0.25, 0.3) is 11.0 Å². The molecule has 1 atom stereocenters. The quantitative estimate of drug-likeness (QED) is 0.293. The summed E-state index contributed by atoms with van der Waals surface area (Å²) in [5, 5.41) is 0. The van der Waals surface area contributed by atoms with E-state index in [2.05, 4.69) is 41.8 Å². The second-order valence-corrected chi connectivity index (χ2v) is 8.87. The maximum Gasteiger partial charge on any atom is 0.227 e. The molecule has 5 heteroatoms. The zero-order chi connectivity index (χ0) is 23.3. The van der Waals surface area contributed by atoms with Crippen LogP contribution in [-0.4, -0.2) is 28.6 Å². The van der Waals surface area contributed by atoms with Crippen LogP contribution in [-0.2, 0) is 17.8 Å². The van der Waals surface area contributed by atoms with E-state index >= 15 is 0 Å². The van der Waals surface area contributed by atoms with E-state index in [-0.39, 0.29) is 11.8 Å². The molecule has 1 saturated heterocycles. The van der Waals surface area contributed by atoms with Gasteiger partial charge in [-0.2, -0.15) is 0 Å². The highest BCUT2D eigenvalue weighted by Crippen LogP contribution is 2.34. The number of imidazole rings is 1. The number of ether oxygens (including phenoxy) is 1. The van der Waals surface area contributed by atoms with E-state index in [1.54, 1.807) is 0 Å². The van der Waals surface area contributed by atoms with Gasteiger partial charge in [0.15, 0.2) is 0 Å². The topological polar surface area (TPSA) is 47.4 Å². The Kier molecular flexibility index (Phi) is 6.61. The van der Waals surface area contributed by atoms with Gasteiger partial charge in [0.2, 0.25) is 5.91 Å². The normalized spacial score (nSPS) is 15.9. The molecule has 0 spiro atoms. The van der Waals surface area contributed by atoms with Crippen molar-refractivity contribution in [1.29, 1.82) is 0 Å². The van der Waals surface area contributed by atoms with Crippen molar-refractivity contribution in [1.82, 2.24) is 9.55 Å². The molecule has 1 aliphatic rings. The van der Waals surface area contributed by atoms with Crippen molar-refractivity contribution >= 4 is 22.6 Å². The number of anilines is 1. The summed E-state index contributed by atoms with van der Waals surface area (Å²) in [6.45, 7) is 4.37. The molecule has 174 valence electrons. The third-order valence-corrected chi connectivity index (χ3v) is 6.63. The van der Waals surface area contributed by atoms with Crippen LogP contribution in [0.1, 0.15) is 43.5 Å². The number of para-hydroxylation sites is 4. The largest absolute Gasteiger partial charge is 0.494 e. The molecule has 5 rings (SSSR count). The smallest absolute Gasteiger partial charge is 0.227 e. The fourth-order valence-corrected chi connectivity index (χ4v) is 4.91. The lowest BCUT2D eigenvalue weighted by molar-refractivity contribution is -0.117. The van der Waals surface area contributed by atoms with Crippen LogP contribution in [0.15, 0.2) is 78.9 Å². The van der Waals surface area contributed by atoms with Crippen molar-refractivity contribution in [2.45, 2.75) is 45.1 Å². The average Bonchev–Trinajstić information content (AvgIpc) is 3.45. The Morgan fingerprint density at radius 1 is 0.941 bits per heavy atom. The molecule has 0 saturated carbocycles. The molecule has 0 aliphatic carbocycles. The number of aromatic nitrogens is 2. The molecule has 0 bridgehead atoms. The van der Waals surface area contributed by atoms with E-state index in [0.29, 0.717) is 19.6 Å². The van der Waals surface area contributed by atoms with E-state index in [9.17, 15) is 4.79 Å². The van der Waals surface area contributed by atoms with Crippen molar-refractivity contribution in [2.24, 2.45) is 0 Å². The van der Waals surface area contributed by atoms with E-state index in [1.807, 2.05) is 53.4 Å². The molecule has 2 heterocycles. The molecular formula is C29H31N3O2. The number of aryl methyl sites for hydroxylation is 2. The fraction of sp³-hybridized carbons (Fsp3) is 0.310. The minimum absolute atomic E-state index is 0.0883. The van der Waals surface area contributed by atoms with E-state index < -0.39 is 0 Å². The van der Waals surface area contributed by atoms with Gasteiger partial charge in [0, 0.05) is 31.1 Å². The Morgan fingerprint density at radius 3 is 2.56 bits per heavy atom. The molecule has 1 aromatic heterocycles. The van der Waals surface area contributed by atoms with Gasteiger partial charge in [-0.1, -0.05) is 55.5 Å². The molecule has 4 aromatic rings. The number of hydrogen-bond donors (Lipinski definition) is 0. The van der Waals surface area contributed by atoms with Crippen molar-refractivity contribution in [3.8, 4) is 5.75 Å². The van der Waals surface area contributed by atoms with E-state index in [1.165, 1.54) is 5.56 Å². The van der Waals surface area contributed by atoms with Crippen LogP contribution in [0.3, 0.4) is 0 Å². The number of fused-ring (bicyclic) bond motifs is 1. The number of amides is 1. The number of unbranched alkanes of at least 4 members (excludes halogenated alkanes) is 1. The Labute approximate surface area is 201 Å². The lowest BCUT2D eigenvalue weighted by Gasteiger charge is -2.20. The first-order valence-corrected chi connectivity index (χ1v) is 12.3. The number of carbonyl (C=O) groups excluding carboxylic acids is 1. The maximum atomic E-state index is 13.1. The molecule has 5 nitrogen and oxygen atoms in total. The molecule has 1 aliphatic heterocycles. The molecule has 1 fully saturated rings. The average molecular weight is 454 g/mol. The lowest BCUT2D eigenvalue weighted by atomic mass is 10.1. The van der Waals surface area contributed by atoms with Gasteiger partial charge < -0.3 is 14.2 Å². The zero-order valence-corrected chi connectivity index (χ0v) is 19.7. The summed E-state index contributed by atoms with van der Waals surface area (Å²) >= 11 is 0. The minimum atomic E-state index is 0.0883. The molecular weight excluding hydrogens is 422 g/mol. The van der Waals surface area contributed by atoms with Gasteiger partial charge in [0.25, 0.3) is 0 Å². The number of rotatable bonds is 9. The molecule has 1 amide bonds. The van der Waals surface area contributed by atoms with Crippen molar-refractivity contribution in [3.63, 3.8) is 0 Å². The SMILES string of the molecule is CCc1ccccc1N1C[C@@H](c2nc3ccccc3n2CCCCOc2ccccc2)CC1=O. The highest BCUT2D eigenvalue weighted by Gasteiger charge is 2.35. The Bertz CT molecular complexity index is 1260. The van der Waals surface area contributed by atoms with Gasteiger partial charge in [0.05, 0.1) is 17.6 Å². The number of nitrogens with zero attached hydrogens (tertiary/aromatic N) is 3. The standard InChI is InChI=1S/C29H31N3O2/c1-2-22-12-6-8-16-26(22)32-21-23(20-28(32)33)29-30-25-15-7-9-17-27(25)31(29)18-10-11-19-34-24-13-4-3-5-14-24/h3-9,12-17,23H,2,10-11,18-21H2,1H3/t23-/m0/s1. The predicted octanol–water partition coefficient (Wildman–Crippen LogP) is 5.98. The molecule has 0 N–H and O–H groups in total. The van der Waals surface area contributed by atoms with Gasteiger partial charge in [-0.15, -0.1) is 0 Å². The van der Waals surface area contributed by atoms with Crippen LogP contribution >= 0.6 is 0 Å². The Hall–Kier alpha value is -3.60. The van der Waals surface area contributed by atoms with E-state index in [4.69, 9.17) is 9.72 Å². The molecule has 3 aromatic carbocycles. The summed E-state index contributed by atoms with van der Waals surface area (Å²) < 4.78 is 8.19. The zero-order valence-electron chi connectivity index (χ0n) is 19.7. The summed E-state index contributed by atoms with van der Waals surface area (Å²) in [5.74, 6) is 2.20. The number of benzene rings is 3. The van der Waals surface area contributed by atoms with Crippen LogP contribution < -0.4 is 9.64 Å². The summed E-state index contributed by atoms with van der Waals surface area (Å²) in [6.07, 6.45) is 3.36. The van der Waals surface area contributed by atoms with E-state index in [0.717, 1.165) is 54.1 Å². The Morgan fingerprint density at radius 2 is 1.71 bits per heavy atom. The number of hydrogen-bond acceptors (Lipinski definition) is 3. The Balaban J connectivity index is 1.32. The third-order valence-electron chi connectivity index (χ3n) is 6.63. The van der Waals surface area contributed by atoms with Crippen LogP contribution in [0.2, 0.25) is 0 Å². The molecule has 34 heavy (non-hydrogen) atoms. The highest BCUT2D eigenvalue weighted by atomic mass is 16.5. The van der Waals surface area contributed by atoms with Gasteiger partial charge in [-0.05, 0) is 55.2 Å². The molecule has 0 radical (unpaired) electrons. The van der Waals surface area contributed by atoms with Gasteiger partial charge >= 0.3 is 0 Å². The predicted molar refractivity (Wildman–Crippen MR) is 136 cm³/mol. The minimum Gasteiger partial charge on any atom is -0.494 e. The monoisotopic (exact) mass is 453 g/mol. The van der Waals surface area contributed by atoms with Crippen LogP contribution in [0.4, 0.5) is 5.69 Å². The first-order chi connectivity index (χ1) is 16.7. The number of carbonyl (C=O) groups is 1. The lowest BCUT2D eigenvalue weighted by Crippen LogP contribution is -2.25. The van der Waals surface area contributed by atoms with Gasteiger partial charge in [-0.25, -0.2) is 4.98 Å². The van der Waals surface area contributed by atoms with Crippen molar-refractivity contribution in [3.05, 3.63) is 90.3 Å². The summed E-state index contributed by atoms with van der Waals surface area (Å²) in [7, 11) is 0. The van der Waals surface area contributed by atoms with Crippen LogP contribution in [0, 0.1) is 0 Å². The van der Waals surface area contributed by atoms with Crippen molar-refractivity contribution < 1.29 is 9.53 Å². The first kappa shape index (κ1) is 22.2. The summed E-state index contributed by atoms with van der Waals surface area (Å²) in [5.41, 5.74) is 4.39. The third kappa shape index (κ3) is 4.56. The van der Waals surface area contributed by atoms with Gasteiger partial charge in [-0.3, -0.25) is 4.79 Å². The molecule has 0 unspecified atom stereocenters. The maximum absolute atomic E-state index is 13.1. The van der Waals surface area contributed by atoms with Crippen LogP contribution in [0.5, 0.6) is 5.75 Å². The highest BCUT2D eigenvalue weighted by molar-refractivity contribution is 5.97. The summed E-state index contributed by atoms with van der Waals surface area (Å²) in [6, 6.07) is 26.5. The summed E-state index contributed by atoms with van der Waals surface area (Å²) in [4.78, 5) is 20.0. The second-order valence-electron chi connectivity index (χ2n) is 8.87. The first-order valence-electron chi connectivity index (χ1n) is 12.3. The second kappa shape index (κ2) is 10.1.